The molecule has 108 heavy (non-hydrogen) atoms. The molecule has 0 bridgehead atoms. The van der Waals surface area contributed by atoms with Crippen molar-refractivity contribution >= 4 is 115 Å². The minimum atomic E-state index is -0.448. The van der Waals surface area contributed by atoms with E-state index in [0.29, 0.717) is 30.3 Å². The van der Waals surface area contributed by atoms with Crippen LogP contribution in [0, 0.1) is 13.8 Å². The van der Waals surface area contributed by atoms with Crippen molar-refractivity contribution in [1.29, 1.82) is 0 Å². The van der Waals surface area contributed by atoms with Gasteiger partial charge in [0, 0.05) is 112 Å². The van der Waals surface area contributed by atoms with Gasteiger partial charge >= 0.3 is 0 Å². The van der Waals surface area contributed by atoms with Gasteiger partial charge in [-0.3, -0.25) is 40.0 Å². The molecule has 12 N–H and O–H groups in total. The SMILES string of the molecule is C=CCc1c(C)nc(-c2ccsc2)nc1Nc1ccc(CC(=O)NO)cc1.C=CCc1c(CC)nc(-c2ccsc2)nc1Nc1ccc(CC(=O)NO)cc1.CCc1c(C)nc(-c2ccsc2)nc1Nc1ccc(CC(=O)NO)cc1.CCc1nc(-c2ccsc2)nc(Nc2ccc(CC(=O)NO)cc2)c1CC. The molecule has 0 aliphatic heterocycles. The molecule has 0 unspecified atom stereocenters. The van der Waals surface area contributed by atoms with Crippen LogP contribution >= 0.6 is 45.3 Å². The van der Waals surface area contributed by atoms with Gasteiger partial charge in [0.05, 0.1) is 25.7 Å². The standard InChI is InChI=1S/C21H22N4O2S.C20H20N4O2S.C20H22N4O2S.C19H20N4O2S/c1-3-5-17-18(4-2)23-20(15-10-11-28-13-15)24-21(17)22-16-8-6-14(7-9-16)12-19(26)25-27;1-3-4-17-13(2)21-19(15-9-10-27-12-15)23-20(17)22-16-7-5-14(6-8-16)11-18(25)24-26;1-3-16-17(4-2)22-19(14-9-10-27-12-14)23-20(16)21-15-7-5-13(6-8-15)11-18(25)24-26;1-3-16-12(2)20-18(14-8-9-26-11-14)22-19(16)21-15-6-4-13(5-7-15)10-17(24)23-25/h3,6-11,13,27H,1,4-5,12H2,2H3,(H,25,26)(H,22,23,24);3,5-10,12,26H,1,4,11H2,2H3,(H,24,25)(H,21,22,23);5-10,12,26H,3-4,11H2,1-2H3,(H,24,25)(H,21,22,23);4-9,11,25H,3,10H2,1-2H3,(H,23,24)(H,20,21,22). The number of allylic oxidation sites excluding steroid dienone is 2. The quantitative estimate of drug-likeness (QED) is 0.0123. The number of hydroxylamine groups is 4. The minimum absolute atomic E-state index is 0.118. The molecule has 0 atom stereocenters. The van der Waals surface area contributed by atoms with Gasteiger partial charge in [-0.15, -0.1) is 13.2 Å². The first-order valence-electron chi connectivity index (χ1n) is 34.5. The van der Waals surface area contributed by atoms with Crippen LogP contribution in [0.5, 0.6) is 0 Å². The van der Waals surface area contributed by atoms with Gasteiger partial charge in [0.25, 0.3) is 0 Å². The van der Waals surface area contributed by atoms with E-state index >= 15 is 0 Å². The molecule has 8 aromatic heterocycles. The number of hydrogen-bond acceptors (Lipinski definition) is 24. The number of aromatic nitrogens is 8. The van der Waals surface area contributed by atoms with E-state index in [1.54, 1.807) is 67.3 Å². The summed E-state index contributed by atoms with van der Waals surface area (Å²) in [5, 5.41) is 64.2. The van der Waals surface area contributed by atoms with Gasteiger partial charge in [-0.25, -0.2) is 61.8 Å². The smallest absolute Gasteiger partial charge is 0.247 e. The normalized spacial score (nSPS) is 10.5. The average Bonchev–Trinajstić information content (AvgIpc) is 1.33. The molecule has 28 heteroatoms. The van der Waals surface area contributed by atoms with Gasteiger partial charge in [0.15, 0.2) is 23.3 Å². The van der Waals surface area contributed by atoms with Gasteiger partial charge in [-0.05, 0) is 169 Å². The maximum absolute atomic E-state index is 11.3. The summed E-state index contributed by atoms with van der Waals surface area (Å²) in [5.74, 6) is 4.15. The Morgan fingerprint density at radius 1 is 0.343 bits per heavy atom. The molecule has 8 heterocycles. The molecule has 24 nitrogen and oxygen atoms in total. The van der Waals surface area contributed by atoms with Crippen molar-refractivity contribution in [2.24, 2.45) is 0 Å². The van der Waals surface area contributed by atoms with E-state index in [0.717, 1.165) is 167 Å². The monoisotopic (exact) mass is 1520 g/mol. The molecule has 0 aliphatic carbocycles. The van der Waals surface area contributed by atoms with E-state index in [1.807, 2.05) is 190 Å². The van der Waals surface area contributed by atoms with Crippen LogP contribution in [0.3, 0.4) is 0 Å². The summed E-state index contributed by atoms with van der Waals surface area (Å²) < 4.78 is 0. The zero-order valence-corrected chi connectivity index (χ0v) is 63.7. The Kier molecular flexibility index (Phi) is 30.4. The fourth-order valence-electron chi connectivity index (χ4n) is 11.1. The summed E-state index contributed by atoms with van der Waals surface area (Å²) in [6.45, 7) is 20.0. The molecular formula is C80H84N16O8S4. The van der Waals surface area contributed by atoms with E-state index in [2.05, 4.69) is 72.1 Å². The number of nitrogens with zero attached hydrogens (tertiary/aromatic N) is 8. The summed E-state index contributed by atoms with van der Waals surface area (Å²) in [6.07, 6.45) is 8.81. The summed E-state index contributed by atoms with van der Waals surface area (Å²) in [7, 11) is 0. The van der Waals surface area contributed by atoms with E-state index in [9.17, 15) is 19.2 Å². The molecule has 0 spiro atoms. The zero-order valence-electron chi connectivity index (χ0n) is 60.4. The van der Waals surface area contributed by atoms with E-state index < -0.39 is 23.6 Å². The number of thiophene rings is 4. The third-order valence-electron chi connectivity index (χ3n) is 16.6. The molecule has 0 radical (unpaired) electrons. The largest absolute Gasteiger partial charge is 0.340 e. The lowest BCUT2D eigenvalue weighted by atomic mass is 10.1. The third kappa shape index (κ3) is 22.7. The van der Waals surface area contributed by atoms with Crippen molar-refractivity contribution in [3.05, 3.63) is 257 Å². The highest BCUT2D eigenvalue weighted by Gasteiger charge is 2.19. The van der Waals surface area contributed by atoms with Gasteiger partial charge in [-0.2, -0.15) is 45.3 Å². The maximum atomic E-state index is 11.3. The Labute approximate surface area is 642 Å². The number of anilines is 8. The summed E-state index contributed by atoms with van der Waals surface area (Å²) in [4.78, 5) is 82.8. The first-order chi connectivity index (χ1) is 52.5. The highest BCUT2D eigenvalue weighted by atomic mass is 32.1. The Morgan fingerprint density at radius 3 is 0.870 bits per heavy atom. The summed E-state index contributed by atoms with van der Waals surface area (Å²) in [5.41, 5.74) is 25.4. The Morgan fingerprint density at radius 2 is 0.602 bits per heavy atom. The second-order valence-electron chi connectivity index (χ2n) is 24.1. The average molecular weight is 1530 g/mol. The lowest BCUT2D eigenvalue weighted by Gasteiger charge is -2.15. The second kappa shape index (κ2) is 40.8. The number of carbonyl (C=O) groups is 4. The van der Waals surface area contributed by atoms with Crippen LogP contribution in [0.25, 0.3) is 45.6 Å². The van der Waals surface area contributed by atoms with Crippen molar-refractivity contribution in [3.8, 4) is 45.6 Å². The highest BCUT2D eigenvalue weighted by molar-refractivity contribution is 7.09. The fourth-order valence-corrected chi connectivity index (χ4v) is 13.7. The molecule has 0 aliphatic rings. The molecule has 12 rings (SSSR count). The predicted octanol–water partition coefficient (Wildman–Crippen LogP) is 16.3. The molecular weight excluding hydrogens is 1440 g/mol. The molecule has 4 aromatic carbocycles. The zero-order chi connectivity index (χ0) is 76.9. The van der Waals surface area contributed by atoms with E-state index in [1.165, 1.54) is 0 Å². The predicted molar refractivity (Wildman–Crippen MR) is 430 cm³/mol. The van der Waals surface area contributed by atoms with Crippen LogP contribution in [0.15, 0.2) is 190 Å². The number of rotatable bonds is 28. The lowest BCUT2D eigenvalue weighted by Crippen LogP contribution is -2.20. The van der Waals surface area contributed by atoms with Crippen LogP contribution in [-0.2, 0) is 83.4 Å². The molecule has 0 saturated carbocycles. The second-order valence-corrected chi connectivity index (χ2v) is 27.3. The maximum Gasteiger partial charge on any atom is 0.247 e. The van der Waals surface area contributed by atoms with Gasteiger partial charge in [0.2, 0.25) is 23.6 Å². The topological polar surface area (TPSA) is 349 Å². The first-order valence-corrected chi connectivity index (χ1v) is 38.3. The van der Waals surface area contributed by atoms with Crippen molar-refractivity contribution in [1.82, 2.24) is 61.8 Å². The fraction of sp³-hybridized carbons (Fsp3) is 0.200. The van der Waals surface area contributed by atoms with Crippen molar-refractivity contribution in [3.63, 3.8) is 0 Å². The van der Waals surface area contributed by atoms with Crippen LogP contribution in [-0.4, -0.2) is 84.3 Å². The molecule has 0 saturated heterocycles. The van der Waals surface area contributed by atoms with E-state index in [-0.39, 0.29) is 25.7 Å². The van der Waals surface area contributed by atoms with Crippen LogP contribution in [0.1, 0.15) is 95.0 Å². The molecule has 4 amide bonds. The Balaban J connectivity index is 0.000000166. The number of amides is 4. The number of aryl methyl sites for hydroxylation is 4. The van der Waals surface area contributed by atoms with E-state index in [4.69, 9.17) is 50.7 Å². The van der Waals surface area contributed by atoms with Crippen LogP contribution < -0.4 is 43.2 Å². The molecule has 12 aromatic rings. The Hall–Kier alpha value is -11.6. The van der Waals surface area contributed by atoms with Crippen LogP contribution in [0.4, 0.5) is 46.0 Å². The van der Waals surface area contributed by atoms with Gasteiger partial charge in [-0.1, -0.05) is 88.4 Å². The number of benzene rings is 4. The highest BCUT2D eigenvalue weighted by Crippen LogP contribution is 2.33. The van der Waals surface area contributed by atoms with Crippen molar-refractivity contribution in [2.75, 3.05) is 21.3 Å². The van der Waals surface area contributed by atoms with Crippen molar-refractivity contribution < 1.29 is 40.0 Å². The first kappa shape index (κ1) is 80.5. The Bertz CT molecular complexity index is 4930. The summed E-state index contributed by atoms with van der Waals surface area (Å²) in [6, 6.07) is 37.9. The van der Waals surface area contributed by atoms with Gasteiger partial charge in [0.1, 0.15) is 23.3 Å². The van der Waals surface area contributed by atoms with Crippen molar-refractivity contribution in [2.45, 2.75) is 106 Å². The lowest BCUT2D eigenvalue weighted by molar-refractivity contribution is -0.129. The summed E-state index contributed by atoms with van der Waals surface area (Å²) >= 11 is 6.46. The minimum Gasteiger partial charge on any atom is -0.340 e. The third-order valence-corrected chi connectivity index (χ3v) is 19.4. The van der Waals surface area contributed by atoms with Crippen LogP contribution in [0.2, 0.25) is 0 Å². The molecule has 556 valence electrons. The number of nitrogens with one attached hydrogen (secondary N) is 8. The molecule has 0 fully saturated rings. The van der Waals surface area contributed by atoms with Gasteiger partial charge < -0.3 is 21.3 Å². The number of hydrogen-bond donors (Lipinski definition) is 12. The number of carbonyl (C=O) groups excluding carboxylic acids is 4.